The molecule has 1 heterocycles. The van der Waals surface area contributed by atoms with Crippen LogP contribution in [0.1, 0.15) is 28.9 Å². The molecule has 2 aromatic rings. The van der Waals surface area contributed by atoms with Crippen LogP contribution in [-0.4, -0.2) is 10.8 Å². The number of H-pyrrole nitrogens is 1. The van der Waals surface area contributed by atoms with Gasteiger partial charge in [-0.2, -0.15) is 0 Å². The van der Waals surface area contributed by atoms with E-state index >= 15 is 0 Å². The van der Waals surface area contributed by atoms with Crippen LogP contribution in [0.15, 0.2) is 23.3 Å². The van der Waals surface area contributed by atoms with Gasteiger partial charge in [0.2, 0.25) is 0 Å². The van der Waals surface area contributed by atoms with Gasteiger partial charge in [-0.1, -0.05) is 17.2 Å². The van der Waals surface area contributed by atoms with Crippen molar-refractivity contribution in [2.45, 2.75) is 19.3 Å². The lowest BCUT2D eigenvalue weighted by Crippen LogP contribution is -2.09. The molecule has 3 rings (SSSR count). The predicted molar refractivity (Wildman–Crippen MR) is 64.4 cm³/mol. The topological polar surface area (TPSA) is 81.6 Å². The minimum atomic E-state index is 0.174. The second-order valence-corrected chi connectivity index (χ2v) is 4.17. The standard InChI is InChI=1S/C12H10N4O/c13-16-15-7-4-5-8-9-2-1-3-11(17)12(9)14-10(8)6-7/h4-6,14H,1-3H2. The average molecular weight is 226 g/mol. The van der Waals surface area contributed by atoms with Gasteiger partial charge in [0.1, 0.15) is 0 Å². The molecule has 1 aromatic heterocycles. The maximum atomic E-state index is 11.8. The van der Waals surface area contributed by atoms with Gasteiger partial charge in [0.05, 0.1) is 5.69 Å². The number of rotatable bonds is 1. The Bertz CT molecular complexity index is 664. The number of carbonyl (C=O) groups is 1. The lowest BCUT2D eigenvalue weighted by molar-refractivity contribution is 0.0968. The molecule has 0 saturated carbocycles. The van der Waals surface area contributed by atoms with E-state index in [-0.39, 0.29) is 5.78 Å². The number of fused-ring (bicyclic) bond motifs is 3. The number of azide groups is 1. The molecule has 17 heavy (non-hydrogen) atoms. The van der Waals surface area contributed by atoms with Crippen molar-refractivity contribution in [2.75, 3.05) is 0 Å². The van der Waals surface area contributed by atoms with Crippen LogP contribution >= 0.6 is 0 Å². The van der Waals surface area contributed by atoms with Crippen LogP contribution < -0.4 is 0 Å². The van der Waals surface area contributed by atoms with E-state index in [9.17, 15) is 4.79 Å². The number of aromatic amines is 1. The molecule has 0 aliphatic heterocycles. The van der Waals surface area contributed by atoms with Crippen molar-refractivity contribution in [3.63, 3.8) is 0 Å². The van der Waals surface area contributed by atoms with Gasteiger partial charge >= 0.3 is 0 Å². The molecule has 0 unspecified atom stereocenters. The lowest BCUT2D eigenvalue weighted by atomic mass is 9.95. The number of benzene rings is 1. The van der Waals surface area contributed by atoms with Crippen molar-refractivity contribution in [2.24, 2.45) is 5.11 Å². The lowest BCUT2D eigenvalue weighted by Gasteiger charge is -2.09. The normalized spacial score (nSPS) is 14.5. The third-order valence-corrected chi connectivity index (χ3v) is 3.16. The molecular weight excluding hydrogens is 216 g/mol. The number of nitrogens with one attached hydrogen (secondary N) is 1. The van der Waals surface area contributed by atoms with Gasteiger partial charge < -0.3 is 4.98 Å². The summed E-state index contributed by atoms with van der Waals surface area (Å²) in [6, 6.07) is 5.46. The summed E-state index contributed by atoms with van der Waals surface area (Å²) >= 11 is 0. The molecule has 5 heteroatoms. The third-order valence-electron chi connectivity index (χ3n) is 3.16. The number of carbonyl (C=O) groups excluding carboxylic acids is 1. The Labute approximate surface area is 97.1 Å². The Hall–Kier alpha value is -2.26. The second kappa shape index (κ2) is 3.64. The molecule has 5 nitrogen and oxygen atoms in total. The van der Waals surface area contributed by atoms with Crippen molar-refractivity contribution in [3.8, 4) is 0 Å². The minimum Gasteiger partial charge on any atom is -0.352 e. The summed E-state index contributed by atoms with van der Waals surface area (Å²) in [6.45, 7) is 0. The fourth-order valence-electron chi connectivity index (χ4n) is 2.41. The molecule has 0 spiro atoms. The van der Waals surface area contributed by atoms with Gasteiger partial charge in [-0.05, 0) is 30.0 Å². The predicted octanol–water partition coefficient (Wildman–Crippen LogP) is 3.63. The largest absolute Gasteiger partial charge is 0.352 e. The summed E-state index contributed by atoms with van der Waals surface area (Å²) < 4.78 is 0. The van der Waals surface area contributed by atoms with E-state index in [4.69, 9.17) is 5.53 Å². The maximum absolute atomic E-state index is 11.8. The fraction of sp³-hybridized carbons (Fsp3) is 0.250. The molecule has 0 saturated heterocycles. The zero-order valence-electron chi connectivity index (χ0n) is 9.10. The molecule has 0 fully saturated rings. The Morgan fingerprint density at radius 1 is 1.35 bits per heavy atom. The molecule has 0 amide bonds. The third kappa shape index (κ3) is 1.48. The Morgan fingerprint density at radius 2 is 2.24 bits per heavy atom. The summed E-state index contributed by atoms with van der Waals surface area (Å²) in [5.41, 5.74) is 11.6. The number of nitrogens with zero attached hydrogens (tertiary/aromatic N) is 3. The van der Waals surface area contributed by atoms with Crippen molar-refractivity contribution >= 4 is 22.4 Å². The molecule has 0 bridgehead atoms. The quantitative estimate of drug-likeness (QED) is 0.449. The van der Waals surface area contributed by atoms with E-state index in [1.54, 1.807) is 12.1 Å². The maximum Gasteiger partial charge on any atom is 0.179 e. The number of hydrogen-bond donors (Lipinski definition) is 1. The second-order valence-electron chi connectivity index (χ2n) is 4.17. The molecule has 1 aliphatic carbocycles. The van der Waals surface area contributed by atoms with Crippen LogP contribution in [-0.2, 0) is 6.42 Å². The zero-order valence-corrected chi connectivity index (χ0v) is 9.10. The highest BCUT2D eigenvalue weighted by Crippen LogP contribution is 2.31. The van der Waals surface area contributed by atoms with Crippen molar-refractivity contribution in [3.05, 3.63) is 39.9 Å². The van der Waals surface area contributed by atoms with Gasteiger partial charge in [0, 0.05) is 27.9 Å². The minimum absolute atomic E-state index is 0.174. The zero-order chi connectivity index (χ0) is 11.8. The van der Waals surface area contributed by atoms with Crippen molar-refractivity contribution < 1.29 is 4.79 Å². The van der Waals surface area contributed by atoms with Crippen molar-refractivity contribution in [1.82, 2.24) is 4.98 Å². The molecule has 0 radical (unpaired) electrons. The van der Waals surface area contributed by atoms with Crippen LogP contribution in [0.3, 0.4) is 0 Å². The molecule has 84 valence electrons. The van der Waals surface area contributed by atoms with Gasteiger partial charge in [-0.3, -0.25) is 4.79 Å². The Kier molecular flexibility index (Phi) is 2.13. The molecule has 1 aromatic carbocycles. The smallest absolute Gasteiger partial charge is 0.179 e. The van der Waals surface area contributed by atoms with E-state index < -0.39 is 0 Å². The van der Waals surface area contributed by atoms with Gasteiger partial charge in [-0.25, -0.2) is 0 Å². The van der Waals surface area contributed by atoms with E-state index in [1.807, 2.05) is 6.07 Å². The van der Waals surface area contributed by atoms with Crippen LogP contribution in [0, 0.1) is 0 Å². The molecule has 0 atom stereocenters. The van der Waals surface area contributed by atoms with Crippen molar-refractivity contribution in [1.29, 1.82) is 0 Å². The van der Waals surface area contributed by atoms with Crippen LogP contribution in [0.25, 0.3) is 21.3 Å². The van der Waals surface area contributed by atoms with Gasteiger partial charge in [0.15, 0.2) is 5.78 Å². The van der Waals surface area contributed by atoms with E-state index in [2.05, 4.69) is 15.0 Å². The molecular formula is C12H10N4O. The summed E-state index contributed by atoms with van der Waals surface area (Å²) in [4.78, 5) is 17.6. The summed E-state index contributed by atoms with van der Waals surface area (Å²) in [5, 5.41) is 4.62. The fourth-order valence-corrected chi connectivity index (χ4v) is 2.41. The summed E-state index contributed by atoms with van der Waals surface area (Å²) in [7, 11) is 0. The highest BCUT2D eigenvalue weighted by molar-refractivity contribution is 6.03. The van der Waals surface area contributed by atoms with Gasteiger partial charge in [0.25, 0.3) is 0 Å². The highest BCUT2D eigenvalue weighted by Gasteiger charge is 2.21. The number of aryl methyl sites for hydroxylation is 1. The first-order valence-electron chi connectivity index (χ1n) is 5.52. The first-order chi connectivity index (χ1) is 8.29. The first kappa shape index (κ1) is 9.93. The van der Waals surface area contributed by atoms with Gasteiger partial charge in [-0.15, -0.1) is 0 Å². The molecule has 1 aliphatic rings. The number of Topliss-reactive ketones (excluding diaryl/α,β-unsaturated/α-hetero) is 1. The Balaban J connectivity index is 2.26. The summed E-state index contributed by atoms with van der Waals surface area (Å²) in [5.74, 6) is 0.174. The summed E-state index contributed by atoms with van der Waals surface area (Å²) in [6.07, 6.45) is 2.46. The van der Waals surface area contributed by atoms with E-state index in [0.717, 1.165) is 35.0 Å². The Morgan fingerprint density at radius 3 is 3.06 bits per heavy atom. The average Bonchev–Trinajstić information content (AvgIpc) is 2.69. The number of aromatic nitrogens is 1. The first-order valence-corrected chi connectivity index (χ1v) is 5.52. The van der Waals surface area contributed by atoms with Crippen LogP contribution in [0.2, 0.25) is 0 Å². The number of hydrogen-bond acceptors (Lipinski definition) is 2. The van der Waals surface area contributed by atoms with Crippen LogP contribution in [0.4, 0.5) is 5.69 Å². The van der Waals surface area contributed by atoms with E-state index in [1.165, 1.54) is 0 Å². The number of ketones is 1. The van der Waals surface area contributed by atoms with E-state index in [0.29, 0.717) is 12.1 Å². The SMILES string of the molecule is [N-]=[N+]=Nc1ccc2c3c([nH]c2c1)C(=O)CCC3. The highest BCUT2D eigenvalue weighted by atomic mass is 16.1. The monoisotopic (exact) mass is 226 g/mol. The van der Waals surface area contributed by atoms with Crippen LogP contribution in [0.5, 0.6) is 0 Å². The molecule has 1 N–H and O–H groups in total.